The highest BCUT2D eigenvalue weighted by Gasteiger charge is 2.73. The molecule has 1 heterocycles. The maximum atomic E-state index is 12.5. The summed E-state index contributed by atoms with van der Waals surface area (Å²) in [6.07, 6.45) is 4.34. The molecule has 4 nitrogen and oxygen atoms in total. The number of sulfonamides is 1. The molecule has 2 fully saturated rings. The third kappa shape index (κ3) is 1.75. The Labute approximate surface area is 110 Å². The summed E-state index contributed by atoms with van der Waals surface area (Å²) in [6.45, 7) is 8.83. The first-order valence-corrected chi connectivity index (χ1v) is 7.95. The van der Waals surface area contributed by atoms with E-state index in [1.54, 1.807) is 25.1 Å². The third-order valence-electron chi connectivity index (χ3n) is 4.23. The Balaban J connectivity index is 2.29. The average Bonchev–Trinajstić information content (AvgIpc) is 2.82. The van der Waals surface area contributed by atoms with E-state index >= 15 is 0 Å². The molecule has 2 rings (SSSR count). The van der Waals surface area contributed by atoms with Crippen LogP contribution < -0.4 is 0 Å². The van der Waals surface area contributed by atoms with Gasteiger partial charge in [0.1, 0.15) is 0 Å². The minimum atomic E-state index is -3.35. The second-order valence-electron chi connectivity index (χ2n) is 6.40. The Morgan fingerprint density at radius 1 is 1.50 bits per heavy atom. The highest BCUT2D eigenvalue weighted by Crippen LogP contribution is 2.59. The van der Waals surface area contributed by atoms with Gasteiger partial charge in [-0.15, -0.1) is 6.58 Å². The number of hydrogen-bond donors (Lipinski definition) is 1. The van der Waals surface area contributed by atoms with Crippen molar-refractivity contribution in [1.82, 2.24) is 4.31 Å². The van der Waals surface area contributed by atoms with Gasteiger partial charge in [0.05, 0.1) is 22.4 Å². The Morgan fingerprint density at radius 3 is 2.61 bits per heavy atom. The molecular formula is C13H23NO3S. The van der Waals surface area contributed by atoms with Gasteiger partial charge in [-0.2, -0.15) is 4.31 Å². The molecule has 1 saturated heterocycles. The van der Waals surface area contributed by atoms with Gasteiger partial charge >= 0.3 is 0 Å². The standard InChI is InChI=1S/C13H23NO3S/c1-5-6-8-13-9-7-10(15)11(13)14(13)18(16,17)12(2,3)4/h5,10-11,15H,1,6-9H2,2-4H3/t10-,11-,13+,14?/m1/s1. The Hall–Kier alpha value is -0.390. The summed E-state index contributed by atoms with van der Waals surface area (Å²) in [7, 11) is -3.35. The molecule has 0 aromatic rings. The number of aliphatic hydroxyl groups is 1. The summed E-state index contributed by atoms with van der Waals surface area (Å²) in [5.41, 5.74) is -0.334. The van der Waals surface area contributed by atoms with Crippen LogP contribution in [-0.2, 0) is 10.0 Å². The maximum Gasteiger partial charge on any atom is 0.220 e. The van der Waals surface area contributed by atoms with Crippen molar-refractivity contribution in [1.29, 1.82) is 0 Å². The summed E-state index contributed by atoms with van der Waals surface area (Å²) in [6, 6.07) is -0.207. The lowest BCUT2D eigenvalue weighted by atomic mass is 10.0. The lowest BCUT2D eigenvalue weighted by molar-refractivity contribution is 0.163. The molecule has 0 aromatic carbocycles. The molecule has 1 aliphatic carbocycles. The van der Waals surface area contributed by atoms with E-state index in [9.17, 15) is 13.5 Å². The van der Waals surface area contributed by atoms with Crippen LogP contribution in [0, 0.1) is 0 Å². The molecule has 0 radical (unpaired) electrons. The fourth-order valence-corrected chi connectivity index (χ4v) is 5.06. The number of hydrogen-bond acceptors (Lipinski definition) is 3. The molecule has 0 amide bonds. The predicted octanol–water partition coefficient (Wildman–Crippen LogP) is 1.66. The smallest absolute Gasteiger partial charge is 0.220 e. The van der Waals surface area contributed by atoms with Crippen LogP contribution in [0.25, 0.3) is 0 Å². The van der Waals surface area contributed by atoms with E-state index < -0.39 is 20.9 Å². The minimum Gasteiger partial charge on any atom is -0.391 e. The normalized spacial score (nSPS) is 39.4. The van der Waals surface area contributed by atoms with E-state index in [2.05, 4.69) is 6.58 Å². The summed E-state index contributed by atoms with van der Waals surface area (Å²) >= 11 is 0. The van der Waals surface area contributed by atoms with Gasteiger partial charge in [0.25, 0.3) is 0 Å². The summed E-state index contributed by atoms with van der Waals surface area (Å²) in [5, 5.41) is 9.97. The zero-order chi connectivity index (χ0) is 13.8. The van der Waals surface area contributed by atoms with Gasteiger partial charge in [0, 0.05) is 0 Å². The van der Waals surface area contributed by atoms with E-state index in [1.165, 1.54) is 0 Å². The van der Waals surface area contributed by atoms with E-state index in [1.807, 2.05) is 6.08 Å². The second-order valence-corrected chi connectivity index (χ2v) is 8.96. The minimum absolute atomic E-state index is 0.207. The molecule has 0 bridgehead atoms. The quantitative estimate of drug-likeness (QED) is 0.626. The Morgan fingerprint density at radius 2 is 2.11 bits per heavy atom. The molecule has 18 heavy (non-hydrogen) atoms. The SMILES string of the molecule is C=CCC[C@]12CC[C@@H](O)[C@H]1N2S(=O)(=O)C(C)(C)C. The van der Waals surface area contributed by atoms with Crippen molar-refractivity contribution in [2.75, 3.05) is 0 Å². The van der Waals surface area contributed by atoms with Crippen LogP contribution in [0.15, 0.2) is 12.7 Å². The van der Waals surface area contributed by atoms with Crippen molar-refractivity contribution < 1.29 is 13.5 Å². The number of rotatable bonds is 4. The van der Waals surface area contributed by atoms with Gasteiger partial charge < -0.3 is 5.11 Å². The molecule has 1 unspecified atom stereocenters. The van der Waals surface area contributed by atoms with Crippen molar-refractivity contribution in [3.8, 4) is 0 Å². The number of aliphatic hydroxyl groups excluding tert-OH is 1. The van der Waals surface area contributed by atoms with Crippen molar-refractivity contribution in [2.45, 2.75) is 68.9 Å². The lowest BCUT2D eigenvalue weighted by Crippen LogP contribution is -2.38. The van der Waals surface area contributed by atoms with Crippen LogP contribution in [0.3, 0.4) is 0 Å². The molecule has 4 atom stereocenters. The lowest BCUT2D eigenvalue weighted by Gasteiger charge is -2.25. The fourth-order valence-electron chi connectivity index (χ4n) is 3.12. The first-order valence-electron chi connectivity index (χ1n) is 6.51. The van der Waals surface area contributed by atoms with Gasteiger partial charge in [0.2, 0.25) is 10.0 Å². The van der Waals surface area contributed by atoms with Crippen LogP contribution >= 0.6 is 0 Å². The number of piperidine rings is 1. The van der Waals surface area contributed by atoms with Crippen LogP contribution in [0.4, 0.5) is 0 Å². The number of allylic oxidation sites excluding steroid dienone is 1. The average molecular weight is 273 g/mol. The van der Waals surface area contributed by atoms with Crippen molar-refractivity contribution in [3.63, 3.8) is 0 Å². The molecule has 0 aromatic heterocycles. The monoisotopic (exact) mass is 273 g/mol. The van der Waals surface area contributed by atoms with Crippen molar-refractivity contribution >= 4 is 10.0 Å². The van der Waals surface area contributed by atoms with Gasteiger partial charge in [-0.3, -0.25) is 0 Å². The molecular weight excluding hydrogens is 250 g/mol. The van der Waals surface area contributed by atoms with E-state index in [4.69, 9.17) is 0 Å². The van der Waals surface area contributed by atoms with E-state index in [0.717, 1.165) is 19.3 Å². The maximum absolute atomic E-state index is 12.5. The van der Waals surface area contributed by atoms with Crippen LogP contribution in [0.5, 0.6) is 0 Å². The predicted molar refractivity (Wildman–Crippen MR) is 71.7 cm³/mol. The van der Waals surface area contributed by atoms with Gasteiger partial charge in [0.15, 0.2) is 0 Å². The Bertz CT molecular complexity index is 451. The summed E-state index contributed by atoms with van der Waals surface area (Å²) in [4.78, 5) is 0. The Kier molecular flexibility index (Phi) is 3.16. The highest BCUT2D eigenvalue weighted by molar-refractivity contribution is 7.90. The number of nitrogens with zero attached hydrogens (tertiary/aromatic N) is 1. The van der Waals surface area contributed by atoms with E-state index in [0.29, 0.717) is 6.42 Å². The first kappa shape index (κ1) is 14.0. The molecule has 1 saturated carbocycles. The molecule has 1 N–H and O–H groups in total. The van der Waals surface area contributed by atoms with Crippen LogP contribution in [-0.4, -0.2) is 40.3 Å². The van der Waals surface area contributed by atoms with Crippen LogP contribution in [0.1, 0.15) is 46.5 Å². The molecule has 0 spiro atoms. The zero-order valence-corrected chi connectivity index (χ0v) is 12.2. The molecule has 104 valence electrons. The summed E-state index contributed by atoms with van der Waals surface area (Å²) < 4.78 is 25.8. The molecule has 5 heteroatoms. The highest BCUT2D eigenvalue weighted by atomic mass is 32.2. The van der Waals surface area contributed by atoms with E-state index in [-0.39, 0.29) is 11.6 Å². The zero-order valence-electron chi connectivity index (χ0n) is 11.4. The van der Waals surface area contributed by atoms with Gasteiger partial charge in [-0.25, -0.2) is 8.42 Å². The third-order valence-corrected chi connectivity index (χ3v) is 6.88. The second kappa shape index (κ2) is 4.05. The fraction of sp³-hybridized carbons (Fsp3) is 0.846. The number of fused-ring (bicyclic) bond motifs is 1. The molecule has 1 aliphatic heterocycles. The van der Waals surface area contributed by atoms with Gasteiger partial charge in [-0.1, -0.05) is 6.08 Å². The first-order chi connectivity index (χ1) is 8.18. The van der Waals surface area contributed by atoms with Gasteiger partial charge in [-0.05, 0) is 46.5 Å². The summed E-state index contributed by atoms with van der Waals surface area (Å²) in [5.74, 6) is 0. The van der Waals surface area contributed by atoms with Crippen LogP contribution in [0.2, 0.25) is 0 Å². The topological polar surface area (TPSA) is 57.4 Å². The molecule has 2 aliphatic rings. The van der Waals surface area contributed by atoms with Crippen molar-refractivity contribution in [3.05, 3.63) is 12.7 Å². The largest absolute Gasteiger partial charge is 0.391 e. The van der Waals surface area contributed by atoms with Crippen molar-refractivity contribution in [2.24, 2.45) is 0 Å².